The van der Waals surface area contributed by atoms with E-state index in [1.54, 1.807) is 15.8 Å². The molecule has 0 aliphatic carbocycles. The number of benzene rings is 2. The number of likely N-dealkylation sites (tertiary alicyclic amines) is 1. The number of hydrogen-bond donors (Lipinski definition) is 1. The molecule has 1 saturated heterocycles. The quantitative estimate of drug-likeness (QED) is 0.315. The molecule has 1 fully saturated rings. The van der Waals surface area contributed by atoms with E-state index in [0.29, 0.717) is 47.2 Å². The van der Waals surface area contributed by atoms with E-state index in [1.807, 2.05) is 35.0 Å². The van der Waals surface area contributed by atoms with Crippen LogP contribution in [0.1, 0.15) is 19.3 Å². The molecule has 1 amide bonds. The minimum absolute atomic E-state index is 0.0245. The van der Waals surface area contributed by atoms with Gasteiger partial charge < -0.3 is 24.4 Å². The summed E-state index contributed by atoms with van der Waals surface area (Å²) in [5.74, 6) is 0.977. The first-order valence-corrected chi connectivity index (χ1v) is 14.9. The Kier molecular flexibility index (Phi) is 6.25. The van der Waals surface area contributed by atoms with Crippen LogP contribution in [0.5, 0.6) is 5.75 Å². The van der Waals surface area contributed by atoms with E-state index in [1.165, 1.54) is 25.0 Å². The Hall–Kier alpha value is -4.90. The highest BCUT2D eigenvalue weighted by Crippen LogP contribution is 2.35. The number of anilines is 3. The fourth-order valence-electron chi connectivity index (χ4n) is 6.20. The maximum Gasteiger partial charge on any atom is 0.278 e. The first kappa shape index (κ1) is 25.8. The Labute approximate surface area is 247 Å². The third-order valence-electron chi connectivity index (χ3n) is 8.64. The van der Waals surface area contributed by atoms with Crippen molar-refractivity contribution in [2.45, 2.75) is 32.4 Å². The van der Waals surface area contributed by atoms with Gasteiger partial charge in [0, 0.05) is 48.6 Å². The number of aromatic nitrogens is 5. The Morgan fingerprint density at radius 1 is 0.953 bits per heavy atom. The topological polar surface area (TPSA) is 102 Å². The van der Waals surface area contributed by atoms with Crippen LogP contribution in [0.2, 0.25) is 0 Å². The predicted molar refractivity (Wildman–Crippen MR) is 166 cm³/mol. The minimum Gasteiger partial charge on any atom is -0.482 e. The van der Waals surface area contributed by atoms with E-state index in [2.05, 4.69) is 50.2 Å². The molecular formula is C32H32N8O3. The maximum atomic E-state index is 13.6. The van der Waals surface area contributed by atoms with Gasteiger partial charge in [0.15, 0.2) is 12.3 Å². The molecule has 0 radical (unpaired) electrons. The molecule has 0 atom stereocenters. The van der Waals surface area contributed by atoms with Gasteiger partial charge in [0.1, 0.15) is 11.1 Å². The van der Waals surface area contributed by atoms with Crippen molar-refractivity contribution in [2.24, 2.45) is 0 Å². The number of hydrogen-bond acceptors (Lipinski definition) is 7. The van der Waals surface area contributed by atoms with Crippen molar-refractivity contribution in [3.05, 3.63) is 77.4 Å². The fraction of sp³-hybridized carbons (Fsp3) is 0.312. The number of fused-ring (bicyclic) bond motifs is 6. The highest BCUT2D eigenvalue weighted by atomic mass is 16.5. The van der Waals surface area contributed by atoms with Crippen molar-refractivity contribution >= 4 is 45.2 Å². The van der Waals surface area contributed by atoms with Gasteiger partial charge in [-0.2, -0.15) is 4.98 Å². The standard InChI is InChI=1S/C32H32N8O3/c41-29-21-43-28-9-7-24-19-27(28)38(29)13-3-1-2-4-14-39-31(42)25-20-33-32(35-30(25)40(24)39)34-23-6-8-26-22(18-23)10-15-37(26)17-16-36-11-5-12-36/h2,4,6-10,15,18-20H,1,3,5,11-14,16-17,21H2,(H,33,34,35)/b4-2-. The second-order valence-corrected chi connectivity index (χ2v) is 11.3. The van der Waals surface area contributed by atoms with Crippen LogP contribution in [-0.4, -0.2) is 67.5 Å². The van der Waals surface area contributed by atoms with Gasteiger partial charge in [0.25, 0.3) is 11.5 Å². The smallest absolute Gasteiger partial charge is 0.278 e. The lowest BCUT2D eigenvalue weighted by Gasteiger charge is -2.30. The zero-order chi connectivity index (χ0) is 28.9. The van der Waals surface area contributed by atoms with Crippen LogP contribution in [0.15, 0.2) is 71.8 Å². The first-order valence-electron chi connectivity index (χ1n) is 14.9. The molecule has 0 saturated carbocycles. The summed E-state index contributed by atoms with van der Waals surface area (Å²) in [6.45, 7) is 5.46. The SMILES string of the molecule is O=C1COc2ccc3cc2N1CCC/C=C\Cn1c(=O)c2cnc(Nc4ccc5c(ccn5CCN5CCC5)c4)nc2n1-3. The average molecular weight is 577 g/mol. The summed E-state index contributed by atoms with van der Waals surface area (Å²) in [5.41, 5.74) is 3.79. The number of carbonyl (C=O) groups excluding carboxylic acids is 1. The lowest BCUT2D eigenvalue weighted by atomic mass is 10.1. The largest absolute Gasteiger partial charge is 0.482 e. The number of carbonyl (C=O) groups is 1. The molecule has 218 valence electrons. The summed E-state index contributed by atoms with van der Waals surface area (Å²) in [6.07, 6.45) is 10.7. The Bertz CT molecular complexity index is 1960. The molecule has 0 spiro atoms. The zero-order valence-corrected chi connectivity index (χ0v) is 23.8. The number of nitrogens with zero attached hydrogens (tertiary/aromatic N) is 7. The number of nitrogens with one attached hydrogen (secondary N) is 1. The van der Waals surface area contributed by atoms with Crippen LogP contribution in [0.4, 0.5) is 17.3 Å². The second kappa shape index (κ2) is 10.4. The van der Waals surface area contributed by atoms with E-state index >= 15 is 0 Å². The highest BCUT2D eigenvalue weighted by molar-refractivity contribution is 5.98. The van der Waals surface area contributed by atoms with Crippen molar-refractivity contribution in [1.82, 2.24) is 28.8 Å². The van der Waals surface area contributed by atoms with Gasteiger partial charge >= 0.3 is 0 Å². The monoisotopic (exact) mass is 576 g/mol. The zero-order valence-electron chi connectivity index (χ0n) is 23.8. The Morgan fingerprint density at radius 3 is 2.77 bits per heavy atom. The normalized spacial score (nSPS) is 17.6. The molecule has 3 aliphatic heterocycles. The van der Waals surface area contributed by atoms with E-state index in [4.69, 9.17) is 9.72 Å². The summed E-state index contributed by atoms with van der Waals surface area (Å²) in [6, 6.07) is 14.0. The molecule has 5 aromatic rings. The number of rotatable bonds is 5. The third-order valence-corrected chi connectivity index (χ3v) is 8.64. The molecule has 2 aromatic carbocycles. The summed E-state index contributed by atoms with van der Waals surface area (Å²) in [7, 11) is 0. The van der Waals surface area contributed by atoms with Crippen molar-refractivity contribution < 1.29 is 9.53 Å². The van der Waals surface area contributed by atoms with Crippen molar-refractivity contribution in [3.63, 3.8) is 0 Å². The van der Waals surface area contributed by atoms with Crippen molar-refractivity contribution in [1.29, 1.82) is 0 Å². The number of allylic oxidation sites excluding steroid dienone is 2. The molecular weight excluding hydrogens is 544 g/mol. The average Bonchev–Trinajstić information content (AvgIpc) is 3.51. The van der Waals surface area contributed by atoms with Gasteiger partial charge in [-0.15, -0.1) is 0 Å². The molecule has 8 rings (SSSR count). The third kappa shape index (κ3) is 4.56. The van der Waals surface area contributed by atoms with Crippen LogP contribution in [0.25, 0.3) is 27.6 Å². The van der Waals surface area contributed by atoms with Gasteiger partial charge in [-0.3, -0.25) is 9.59 Å². The molecule has 6 heterocycles. The maximum absolute atomic E-state index is 13.6. The van der Waals surface area contributed by atoms with Gasteiger partial charge in [-0.1, -0.05) is 12.2 Å². The summed E-state index contributed by atoms with van der Waals surface area (Å²) >= 11 is 0. The fourth-order valence-corrected chi connectivity index (χ4v) is 6.20. The molecule has 3 aliphatic rings. The highest BCUT2D eigenvalue weighted by Gasteiger charge is 2.27. The summed E-state index contributed by atoms with van der Waals surface area (Å²) in [5, 5.41) is 4.91. The molecule has 11 heteroatoms. The predicted octanol–water partition coefficient (Wildman–Crippen LogP) is 4.06. The molecule has 43 heavy (non-hydrogen) atoms. The molecule has 0 unspecified atom stereocenters. The molecule has 11 nitrogen and oxygen atoms in total. The van der Waals surface area contributed by atoms with Gasteiger partial charge in [0.2, 0.25) is 5.95 Å². The van der Waals surface area contributed by atoms with Gasteiger partial charge in [-0.25, -0.2) is 14.3 Å². The first-order chi connectivity index (χ1) is 21.1. The van der Waals surface area contributed by atoms with Crippen LogP contribution < -0.4 is 20.5 Å². The summed E-state index contributed by atoms with van der Waals surface area (Å²) < 4.78 is 11.5. The lowest BCUT2D eigenvalue weighted by Crippen LogP contribution is -2.39. The second-order valence-electron chi connectivity index (χ2n) is 11.3. The molecule has 2 bridgehead atoms. The van der Waals surface area contributed by atoms with E-state index in [-0.39, 0.29) is 18.1 Å². The van der Waals surface area contributed by atoms with Crippen LogP contribution in [-0.2, 0) is 17.9 Å². The Morgan fingerprint density at radius 2 is 1.88 bits per heavy atom. The van der Waals surface area contributed by atoms with E-state index in [9.17, 15) is 9.59 Å². The van der Waals surface area contributed by atoms with Crippen molar-refractivity contribution in [3.8, 4) is 11.4 Å². The molecule has 3 aromatic heterocycles. The lowest BCUT2D eigenvalue weighted by molar-refractivity contribution is -0.121. The van der Waals surface area contributed by atoms with Crippen molar-refractivity contribution in [2.75, 3.05) is 43.0 Å². The van der Waals surface area contributed by atoms with Crippen LogP contribution >= 0.6 is 0 Å². The molecule has 1 N–H and O–H groups in total. The summed E-state index contributed by atoms with van der Waals surface area (Å²) in [4.78, 5) is 39.9. The van der Waals surface area contributed by atoms with E-state index in [0.717, 1.165) is 37.0 Å². The number of amides is 1. The van der Waals surface area contributed by atoms with Gasteiger partial charge in [-0.05, 0) is 74.8 Å². The van der Waals surface area contributed by atoms with Crippen LogP contribution in [0.3, 0.4) is 0 Å². The van der Waals surface area contributed by atoms with Gasteiger partial charge in [0.05, 0.1) is 17.9 Å². The minimum atomic E-state index is -0.175. The Balaban J connectivity index is 1.17. The van der Waals surface area contributed by atoms with E-state index < -0.39 is 0 Å². The van der Waals surface area contributed by atoms with Crippen LogP contribution in [0, 0.1) is 0 Å². The number of ether oxygens (including phenoxy) is 1.